The minimum atomic E-state index is -0.813. The number of hydrogen-bond acceptors (Lipinski definition) is 4. The molecule has 0 radical (unpaired) electrons. The number of amides is 1. The maximum atomic E-state index is 12.0. The Hall–Kier alpha value is -1.59. The highest BCUT2D eigenvalue weighted by atomic mass is 16.5. The second kappa shape index (κ2) is 7.26. The van der Waals surface area contributed by atoms with Gasteiger partial charge in [0.1, 0.15) is 5.75 Å². The molecule has 0 unspecified atom stereocenters. The van der Waals surface area contributed by atoms with Gasteiger partial charge in [-0.3, -0.25) is 9.69 Å². The van der Waals surface area contributed by atoms with Crippen LogP contribution in [0, 0.1) is 0 Å². The molecule has 1 aromatic carbocycles. The van der Waals surface area contributed by atoms with Crippen molar-refractivity contribution >= 4 is 11.6 Å². The Bertz CT molecular complexity index is 441. The second-order valence-electron chi connectivity index (χ2n) is 5.40. The van der Waals surface area contributed by atoms with Gasteiger partial charge in [-0.2, -0.15) is 0 Å². The lowest BCUT2D eigenvalue weighted by Crippen LogP contribution is -2.42. The van der Waals surface area contributed by atoms with E-state index >= 15 is 0 Å². The van der Waals surface area contributed by atoms with Crippen LogP contribution in [0.2, 0.25) is 0 Å². The van der Waals surface area contributed by atoms with Crippen molar-refractivity contribution in [1.29, 1.82) is 0 Å². The average molecular weight is 280 g/mol. The van der Waals surface area contributed by atoms with Crippen LogP contribution in [-0.4, -0.2) is 48.3 Å². The van der Waals surface area contributed by atoms with Crippen molar-refractivity contribution in [3.8, 4) is 5.75 Å². The fourth-order valence-corrected chi connectivity index (χ4v) is 1.93. The molecule has 0 heterocycles. The Morgan fingerprint density at radius 2 is 2.15 bits per heavy atom. The molecule has 0 atom stereocenters. The van der Waals surface area contributed by atoms with Crippen LogP contribution in [0.5, 0.6) is 5.75 Å². The summed E-state index contributed by atoms with van der Waals surface area (Å²) in [5, 5.41) is 12.6. The zero-order valence-corrected chi connectivity index (χ0v) is 12.6. The smallest absolute Gasteiger partial charge is 0.238 e. The zero-order valence-electron chi connectivity index (χ0n) is 12.6. The summed E-state index contributed by atoms with van der Waals surface area (Å²) in [5.74, 6) is 0.594. The average Bonchev–Trinajstić information content (AvgIpc) is 2.36. The number of ether oxygens (including phenoxy) is 1. The molecule has 0 aliphatic rings. The van der Waals surface area contributed by atoms with Crippen molar-refractivity contribution in [3.05, 3.63) is 24.3 Å². The van der Waals surface area contributed by atoms with E-state index in [2.05, 4.69) is 5.32 Å². The topological polar surface area (TPSA) is 61.8 Å². The summed E-state index contributed by atoms with van der Waals surface area (Å²) in [6, 6.07) is 7.22. The monoisotopic (exact) mass is 280 g/mol. The predicted octanol–water partition coefficient (Wildman–Crippen LogP) is 1.73. The van der Waals surface area contributed by atoms with E-state index in [1.165, 1.54) is 0 Å². The van der Waals surface area contributed by atoms with Crippen LogP contribution >= 0.6 is 0 Å². The number of nitrogens with zero attached hydrogens (tertiary/aromatic N) is 1. The molecule has 20 heavy (non-hydrogen) atoms. The number of carbonyl (C=O) groups is 1. The van der Waals surface area contributed by atoms with Gasteiger partial charge in [-0.15, -0.1) is 0 Å². The van der Waals surface area contributed by atoms with E-state index in [9.17, 15) is 9.90 Å². The first kappa shape index (κ1) is 16.5. The van der Waals surface area contributed by atoms with Gasteiger partial charge < -0.3 is 15.2 Å². The Kier molecular flexibility index (Phi) is 5.98. The molecular formula is C15H24N2O3. The van der Waals surface area contributed by atoms with Crippen molar-refractivity contribution in [2.45, 2.75) is 26.4 Å². The Labute approximate surface area is 120 Å². The first-order valence-corrected chi connectivity index (χ1v) is 6.72. The number of nitrogens with one attached hydrogen (secondary N) is 1. The van der Waals surface area contributed by atoms with Crippen molar-refractivity contribution in [1.82, 2.24) is 4.90 Å². The number of carbonyl (C=O) groups excluding carboxylic acids is 1. The lowest BCUT2D eigenvalue weighted by molar-refractivity contribution is -0.117. The number of aliphatic hydroxyl groups is 1. The predicted molar refractivity (Wildman–Crippen MR) is 80.0 cm³/mol. The molecule has 1 amide bonds. The van der Waals surface area contributed by atoms with Crippen LogP contribution in [0.25, 0.3) is 0 Å². The van der Waals surface area contributed by atoms with Gasteiger partial charge in [-0.25, -0.2) is 0 Å². The Balaban J connectivity index is 2.57. The molecule has 0 fully saturated rings. The highest BCUT2D eigenvalue weighted by Crippen LogP contribution is 2.16. The molecule has 0 aliphatic carbocycles. The zero-order chi connectivity index (χ0) is 15.2. The van der Waals surface area contributed by atoms with Crippen LogP contribution in [0.4, 0.5) is 5.69 Å². The lowest BCUT2D eigenvalue weighted by atomic mass is 10.1. The summed E-state index contributed by atoms with van der Waals surface area (Å²) in [5.41, 5.74) is -0.111. The van der Waals surface area contributed by atoms with Crippen molar-refractivity contribution in [2.24, 2.45) is 0 Å². The largest absolute Gasteiger partial charge is 0.497 e. The summed E-state index contributed by atoms with van der Waals surface area (Å²) >= 11 is 0. The number of methoxy groups -OCH3 is 1. The molecule has 0 spiro atoms. The van der Waals surface area contributed by atoms with Crippen molar-refractivity contribution in [3.63, 3.8) is 0 Å². The fourth-order valence-electron chi connectivity index (χ4n) is 1.93. The van der Waals surface area contributed by atoms with Crippen LogP contribution in [-0.2, 0) is 4.79 Å². The van der Waals surface area contributed by atoms with E-state index in [4.69, 9.17) is 4.74 Å². The molecule has 1 rings (SSSR count). The molecule has 5 heteroatoms. The van der Waals surface area contributed by atoms with Gasteiger partial charge in [0, 0.05) is 18.3 Å². The molecule has 0 bridgehead atoms. The van der Waals surface area contributed by atoms with Crippen LogP contribution in [0.1, 0.15) is 20.8 Å². The SMILES string of the molecule is CCN(CC(=O)Nc1cccc(OC)c1)CC(C)(C)O. The molecule has 0 aromatic heterocycles. The van der Waals surface area contributed by atoms with E-state index in [0.29, 0.717) is 24.5 Å². The molecule has 0 saturated carbocycles. The summed E-state index contributed by atoms with van der Waals surface area (Å²) in [6.07, 6.45) is 0. The quantitative estimate of drug-likeness (QED) is 0.798. The van der Waals surface area contributed by atoms with Crippen LogP contribution < -0.4 is 10.1 Å². The molecule has 112 valence electrons. The Morgan fingerprint density at radius 1 is 1.45 bits per heavy atom. The minimum absolute atomic E-state index is 0.107. The fraction of sp³-hybridized carbons (Fsp3) is 0.533. The molecule has 0 aliphatic heterocycles. The summed E-state index contributed by atoms with van der Waals surface area (Å²) < 4.78 is 5.11. The highest BCUT2D eigenvalue weighted by molar-refractivity contribution is 5.92. The van der Waals surface area contributed by atoms with E-state index in [1.807, 2.05) is 30.0 Å². The standard InChI is InChI=1S/C15H24N2O3/c1-5-17(11-15(2,3)19)10-14(18)16-12-7-6-8-13(9-12)20-4/h6-9,19H,5,10-11H2,1-4H3,(H,16,18). The van der Waals surface area contributed by atoms with E-state index in [1.54, 1.807) is 27.0 Å². The number of anilines is 1. The third kappa shape index (κ3) is 6.04. The maximum Gasteiger partial charge on any atom is 0.238 e. The third-order valence-corrected chi connectivity index (χ3v) is 2.78. The second-order valence-corrected chi connectivity index (χ2v) is 5.40. The van der Waals surface area contributed by atoms with Gasteiger partial charge in [-0.1, -0.05) is 13.0 Å². The van der Waals surface area contributed by atoms with Crippen molar-refractivity contribution < 1.29 is 14.6 Å². The van der Waals surface area contributed by atoms with Crippen molar-refractivity contribution in [2.75, 3.05) is 32.1 Å². The number of benzene rings is 1. The molecule has 1 aromatic rings. The number of likely N-dealkylation sites (N-methyl/N-ethyl adjacent to an activating group) is 1. The van der Waals surface area contributed by atoms with E-state index < -0.39 is 5.60 Å². The summed E-state index contributed by atoms with van der Waals surface area (Å²) in [6.45, 7) is 6.83. The van der Waals surface area contributed by atoms with Crippen LogP contribution in [0.15, 0.2) is 24.3 Å². The van der Waals surface area contributed by atoms with Gasteiger partial charge in [0.15, 0.2) is 0 Å². The first-order chi connectivity index (χ1) is 9.34. The van der Waals surface area contributed by atoms with Gasteiger partial charge in [0.05, 0.1) is 19.3 Å². The van der Waals surface area contributed by atoms with Gasteiger partial charge in [0.2, 0.25) is 5.91 Å². The third-order valence-electron chi connectivity index (χ3n) is 2.78. The molecule has 0 saturated heterocycles. The van der Waals surface area contributed by atoms with E-state index in [-0.39, 0.29) is 12.5 Å². The summed E-state index contributed by atoms with van der Waals surface area (Å²) in [4.78, 5) is 13.9. The normalized spacial score (nSPS) is 11.5. The first-order valence-electron chi connectivity index (χ1n) is 6.72. The summed E-state index contributed by atoms with van der Waals surface area (Å²) in [7, 11) is 1.59. The Morgan fingerprint density at radius 3 is 2.70 bits per heavy atom. The molecule has 5 nitrogen and oxygen atoms in total. The van der Waals surface area contributed by atoms with Gasteiger partial charge in [0.25, 0.3) is 0 Å². The van der Waals surface area contributed by atoms with Gasteiger partial charge in [-0.05, 0) is 32.5 Å². The minimum Gasteiger partial charge on any atom is -0.497 e. The molecule has 2 N–H and O–H groups in total. The number of rotatable bonds is 7. The molecular weight excluding hydrogens is 256 g/mol. The van der Waals surface area contributed by atoms with E-state index in [0.717, 1.165) is 0 Å². The highest BCUT2D eigenvalue weighted by Gasteiger charge is 2.19. The number of hydrogen-bond donors (Lipinski definition) is 2. The lowest BCUT2D eigenvalue weighted by Gasteiger charge is -2.27. The van der Waals surface area contributed by atoms with Gasteiger partial charge >= 0.3 is 0 Å². The maximum absolute atomic E-state index is 12.0. The van der Waals surface area contributed by atoms with Crippen LogP contribution in [0.3, 0.4) is 0 Å².